The van der Waals surface area contributed by atoms with Gasteiger partial charge in [0.2, 0.25) is 0 Å². The predicted octanol–water partition coefficient (Wildman–Crippen LogP) is 2.74. The number of nitrogens with one attached hydrogen (secondary N) is 1. The van der Waals surface area contributed by atoms with Crippen molar-refractivity contribution in [2.75, 3.05) is 19.6 Å². The van der Waals surface area contributed by atoms with E-state index in [0.717, 1.165) is 31.5 Å². The summed E-state index contributed by atoms with van der Waals surface area (Å²) in [6.45, 7) is 3.63. The van der Waals surface area contributed by atoms with Gasteiger partial charge < -0.3 is 15.3 Å². The summed E-state index contributed by atoms with van der Waals surface area (Å²) in [6, 6.07) is 11.0. The zero-order chi connectivity index (χ0) is 16.1. The number of benzene rings is 1. The Bertz CT molecular complexity index is 501. The van der Waals surface area contributed by atoms with Gasteiger partial charge >= 0.3 is 5.97 Å². The maximum Gasteiger partial charge on any atom is 0.304 e. The van der Waals surface area contributed by atoms with Gasteiger partial charge in [-0.15, -0.1) is 0 Å². The summed E-state index contributed by atoms with van der Waals surface area (Å²) >= 11 is 0. The molecule has 126 valence electrons. The highest BCUT2D eigenvalue weighted by Gasteiger charge is 2.32. The maximum absolute atomic E-state index is 10.9. The first-order chi connectivity index (χ1) is 11.2. The van der Waals surface area contributed by atoms with Crippen LogP contribution in [0.1, 0.15) is 37.7 Å². The molecule has 1 aliphatic carbocycles. The molecule has 1 heterocycles. The molecule has 0 amide bonds. The zero-order valence-electron chi connectivity index (χ0n) is 13.8. The lowest BCUT2D eigenvalue weighted by Crippen LogP contribution is -2.49. The Kier molecular flexibility index (Phi) is 5.68. The molecule has 0 bridgehead atoms. The van der Waals surface area contributed by atoms with Gasteiger partial charge in [-0.3, -0.25) is 4.79 Å². The lowest BCUT2D eigenvalue weighted by Gasteiger charge is -2.38. The zero-order valence-corrected chi connectivity index (χ0v) is 13.8. The van der Waals surface area contributed by atoms with Crippen molar-refractivity contribution in [2.45, 2.75) is 44.7 Å². The molecule has 0 aromatic heterocycles. The quantitative estimate of drug-likeness (QED) is 0.774. The van der Waals surface area contributed by atoms with Crippen LogP contribution in [0.2, 0.25) is 0 Å². The topological polar surface area (TPSA) is 52.6 Å². The minimum atomic E-state index is -0.692. The molecule has 2 atom stereocenters. The molecule has 1 aliphatic heterocycles. The number of carboxylic acid groups (broad SMARTS) is 1. The highest BCUT2D eigenvalue weighted by Crippen LogP contribution is 2.37. The van der Waals surface area contributed by atoms with E-state index in [9.17, 15) is 4.79 Å². The minimum absolute atomic E-state index is 0.252. The van der Waals surface area contributed by atoms with Gasteiger partial charge in [0.1, 0.15) is 0 Å². The van der Waals surface area contributed by atoms with E-state index < -0.39 is 5.97 Å². The SMILES string of the molecule is O=C(O)CCN1CC(CC2CC2)CC(NCc2ccccc2)C1. The number of nitrogens with zero attached hydrogens (tertiary/aromatic N) is 1. The van der Waals surface area contributed by atoms with Gasteiger partial charge in [-0.2, -0.15) is 0 Å². The molecule has 0 spiro atoms. The van der Waals surface area contributed by atoms with E-state index in [2.05, 4.69) is 34.5 Å². The Labute approximate surface area is 138 Å². The van der Waals surface area contributed by atoms with E-state index in [4.69, 9.17) is 5.11 Å². The monoisotopic (exact) mass is 316 g/mol. The van der Waals surface area contributed by atoms with Crippen molar-refractivity contribution in [2.24, 2.45) is 11.8 Å². The number of piperidine rings is 1. The molecule has 23 heavy (non-hydrogen) atoms. The first-order valence-electron chi connectivity index (χ1n) is 8.90. The van der Waals surface area contributed by atoms with E-state index in [1.165, 1.54) is 31.2 Å². The van der Waals surface area contributed by atoms with Gasteiger partial charge in [0.05, 0.1) is 6.42 Å². The van der Waals surface area contributed by atoms with Gasteiger partial charge in [-0.25, -0.2) is 0 Å². The maximum atomic E-state index is 10.9. The average Bonchev–Trinajstić information content (AvgIpc) is 3.36. The summed E-state index contributed by atoms with van der Waals surface area (Å²) in [7, 11) is 0. The molecular formula is C19H28N2O2. The molecular weight excluding hydrogens is 288 g/mol. The van der Waals surface area contributed by atoms with Crippen LogP contribution in [0.5, 0.6) is 0 Å². The molecule has 1 aromatic carbocycles. The van der Waals surface area contributed by atoms with Gasteiger partial charge in [0, 0.05) is 32.2 Å². The third-order valence-corrected chi connectivity index (χ3v) is 5.06. The molecule has 2 N–H and O–H groups in total. The summed E-state index contributed by atoms with van der Waals surface area (Å²) in [4.78, 5) is 13.2. The van der Waals surface area contributed by atoms with Crippen molar-refractivity contribution >= 4 is 5.97 Å². The smallest absolute Gasteiger partial charge is 0.304 e. The Hall–Kier alpha value is -1.39. The van der Waals surface area contributed by atoms with Crippen LogP contribution in [-0.4, -0.2) is 41.7 Å². The van der Waals surface area contributed by atoms with Crippen LogP contribution in [0.3, 0.4) is 0 Å². The van der Waals surface area contributed by atoms with E-state index in [1.807, 2.05) is 6.07 Å². The average molecular weight is 316 g/mol. The molecule has 4 nitrogen and oxygen atoms in total. The van der Waals surface area contributed by atoms with Crippen LogP contribution >= 0.6 is 0 Å². The normalized spacial score (nSPS) is 25.4. The van der Waals surface area contributed by atoms with Crippen molar-refractivity contribution in [1.82, 2.24) is 10.2 Å². The van der Waals surface area contributed by atoms with Crippen molar-refractivity contribution in [3.05, 3.63) is 35.9 Å². The van der Waals surface area contributed by atoms with Crippen LogP contribution < -0.4 is 5.32 Å². The fourth-order valence-electron chi connectivity index (χ4n) is 3.74. The van der Waals surface area contributed by atoms with Gasteiger partial charge in [0.25, 0.3) is 0 Å². The number of carboxylic acids is 1. The molecule has 2 aliphatic rings. The Balaban J connectivity index is 1.52. The summed E-state index contributed by atoms with van der Waals surface area (Å²) in [6.07, 6.45) is 5.60. The number of hydrogen-bond donors (Lipinski definition) is 2. The molecule has 3 rings (SSSR count). The number of rotatable bonds is 8. The van der Waals surface area contributed by atoms with Crippen LogP contribution in [0.25, 0.3) is 0 Å². The number of aliphatic carboxylic acids is 1. The van der Waals surface area contributed by atoms with Crippen molar-refractivity contribution in [1.29, 1.82) is 0 Å². The lowest BCUT2D eigenvalue weighted by atomic mass is 9.89. The summed E-state index contributed by atoms with van der Waals surface area (Å²) in [5.41, 5.74) is 1.31. The third kappa shape index (κ3) is 5.63. The Morgan fingerprint density at radius 3 is 2.65 bits per heavy atom. The number of likely N-dealkylation sites (tertiary alicyclic amines) is 1. The van der Waals surface area contributed by atoms with Crippen molar-refractivity contribution < 1.29 is 9.90 Å². The molecule has 2 fully saturated rings. The van der Waals surface area contributed by atoms with Crippen LogP contribution in [-0.2, 0) is 11.3 Å². The number of hydrogen-bond acceptors (Lipinski definition) is 3. The largest absolute Gasteiger partial charge is 0.481 e. The predicted molar refractivity (Wildman–Crippen MR) is 91.2 cm³/mol. The lowest BCUT2D eigenvalue weighted by molar-refractivity contribution is -0.137. The van der Waals surface area contributed by atoms with Gasteiger partial charge in [-0.1, -0.05) is 43.2 Å². The van der Waals surface area contributed by atoms with Crippen LogP contribution in [0.15, 0.2) is 30.3 Å². The van der Waals surface area contributed by atoms with E-state index in [1.54, 1.807) is 0 Å². The standard InChI is InChI=1S/C19H28N2O2/c22-19(23)8-9-21-13-17(10-15-6-7-15)11-18(14-21)20-12-16-4-2-1-3-5-16/h1-5,15,17-18,20H,6-14H2,(H,22,23). The van der Waals surface area contributed by atoms with E-state index in [0.29, 0.717) is 12.6 Å². The number of carbonyl (C=O) groups is 1. The fourth-order valence-corrected chi connectivity index (χ4v) is 3.74. The molecule has 1 aromatic rings. The highest BCUT2D eigenvalue weighted by molar-refractivity contribution is 5.66. The van der Waals surface area contributed by atoms with Crippen molar-refractivity contribution in [3.8, 4) is 0 Å². The summed E-state index contributed by atoms with van der Waals surface area (Å²) in [5, 5.41) is 12.6. The summed E-state index contributed by atoms with van der Waals surface area (Å²) in [5.74, 6) is 0.968. The Morgan fingerprint density at radius 2 is 1.96 bits per heavy atom. The first-order valence-corrected chi connectivity index (χ1v) is 8.90. The second-order valence-corrected chi connectivity index (χ2v) is 7.25. The highest BCUT2D eigenvalue weighted by atomic mass is 16.4. The second kappa shape index (κ2) is 7.93. The first kappa shape index (κ1) is 16.5. The molecule has 1 saturated carbocycles. The van der Waals surface area contributed by atoms with Crippen LogP contribution in [0.4, 0.5) is 0 Å². The third-order valence-electron chi connectivity index (χ3n) is 5.06. The fraction of sp³-hybridized carbons (Fsp3) is 0.632. The van der Waals surface area contributed by atoms with Gasteiger partial charge in [-0.05, 0) is 30.2 Å². The molecule has 4 heteroatoms. The molecule has 1 saturated heterocycles. The van der Waals surface area contributed by atoms with Crippen molar-refractivity contribution in [3.63, 3.8) is 0 Å². The molecule has 2 unspecified atom stereocenters. The van der Waals surface area contributed by atoms with Crippen LogP contribution in [0, 0.1) is 11.8 Å². The summed E-state index contributed by atoms with van der Waals surface area (Å²) < 4.78 is 0. The molecule has 0 radical (unpaired) electrons. The minimum Gasteiger partial charge on any atom is -0.481 e. The Morgan fingerprint density at radius 1 is 1.17 bits per heavy atom. The second-order valence-electron chi connectivity index (χ2n) is 7.25. The van der Waals surface area contributed by atoms with Gasteiger partial charge in [0.15, 0.2) is 0 Å². The van der Waals surface area contributed by atoms with E-state index in [-0.39, 0.29) is 6.42 Å². The van der Waals surface area contributed by atoms with E-state index >= 15 is 0 Å².